The first-order valence-corrected chi connectivity index (χ1v) is 4.80. The van der Waals surface area contributed by atoms with Gasteiger partial charge in [0.2, 0.25) is 0 Å². The number of alkyl halides is 1. The van der Waals surface area contributed by atoms with Gasteiger partial charge in [0.1, 0.15) is 0 Å². The third kappa shape index (κ3) is 8.44. The minimum atomic E-state index is 1.07. The molecule has 0 saturated heterocycles. The largest absolute Gasteiger partial charge is 0.316 e. The van der Waals surface area contributed by atoms with Gasteiger partial charge in [-0.15, -0.1) is 0 Å². The number of hydrogen-bond donors (Lipinski definition) is 1. The van der Waals surface area contributed by atoms with E-state index in [9.17, 15) is 0 Å². The molecule has 0 aliphatic carbocycles. The van der Waals surface area contributed by atoms with Gasteiger partial charge in [-0.1, -0.05) is 35.7 Å². The van der Waals surface area contributed by atoms with Gasteiger partial charge in [-0.05, 0) is 13.0 Å². The summed E-state index contributed by atoms with van der Waals surface area (Å²) in [4.78, 5) is 0. The molecule has 0 aliphatic heterocycles. The van der Waals surface area contributed by atoms with Gasteiger partial charge in [0.05, 0.1) is 0 Å². The van der Waals surface area contributed by atoms with Gasteiger partial charge in [-0.3, -0.25) is 0 Å². The number of hydrogen-bond acceptors (Lipinski definition) is 1. The smallest absolute Gasteiger partial charge is 0.0157 e. The second-order valence-corrected chi connectivity index (χ2v) is 2.94. The van der Waals surface area contributed by atoms with Crippen LogP contribution in [0.4, 0.5) is 0 Å². The zero-order valence-corrected chi connectivity index (χ0v) is 7.71. The van der Waals surface area contributed by atoms with Crippen molar-refractivity contribution in [2.45, 2.75) is 26.2 Å². The third-order valence-corrected chi connectivity index (χ3v) is 1.62. The van der Waals surface area contributed by atoms with Gasteiger partial charge in [-0.2, -0.15) is 0 Å². The highest BCUT2D eigenvalue weighted by Crippen LogP contribution is 1.90. The quantitative estimate of drug-likeness (QED) is 0.504. The van der Waals surface area contributed by atoms with Crippen LogP contribution >= 0.6 is 15.9 Å². The van der Waals surface area contributed by atoms with Crippen LogP contribution in [0.3, 0.4) is 0 Å². The second-order valence-electron chi connectivity index (χ2n) is 2.15. The summed E-state index contributed by atoms with van der Waals surface area (Å²) in [6.07, 6.45) is 3.99. The van der Waals surface area contributed by atoms with Gasteiger partial charge >= 0.3 is 0 Å². The molecule has 0 aliphatic rings. The van der Waals surface area contributed by atoms with Gasteiger partial charge in [0, 0.05) is 11.9 Å². The highest BCUT2D eigenvalue weighted by Gasteiger charge is 1.84. The Hall–Kier alpha value is 0.440. The lowest BCUT2D eigenvalue weighted by Gasteiger charge is -1.99. The first-order chi connectivity index (χ1) is 4.41. The summed E-state index contributed by atoms with van der Waals surface area (Å²) in [5, 5.41) is 4.39. The molecule has 0 aromatic heterocycles. The van der Waals surface area contributed by atoms with Crippen molar-refractivity contribution in [2.24, 2.45) is 0 Å². The van der Waals surface area contributed by atoms with Crippen LogP contribution in [0.2, 0.25) is 0 Å². The molecule has 9 heavy (non-hydrogen) atoms. The first kappa shape index (κ1) is 9.44. The minimum absolute atomic E-state index is 1.07. The Labute approximate surface area is 66.3 Å². The van der Waals surface area contributed by atoms with Gasteiger partial charge in [-0.25, -0.2) is 0 Å². The zero-order chi connectivity index (χ0) is 6.95. The van der Waals surface area contributed by atoms with Crippen LogP contribution in [-0.2, 0) is 0 Å². The van der Waals surface area contributed by atoms with Crippen molar-refractivity contribution in [3.8, 4) is 0 Å². The Bertz CT molecular complexity index is 42.2. The molecule has 0 bridgehead atoms. The maximum atomic E-state index is 3.36. The Morgan fingerprint density at radius 2 is 2.00 bits per heavy atom. The molecule has 0 amide bonds. The van der Waals surface area contributed by atoms with Gasteiger partial charge in [0.25, 0.3) is 0 Å². The number of halogens is 1. The lowest BCUT2D eigenvalue weighted by atomic mass is 10.2. The van der Waals surface area contributed by atoms with E-state index in [0.29, 0.717) is 0 Å². The second kappa shape index (κ2) is 8.44. The van der Waals surface area contributed by atoms with E-state index in [4.69, 9.17) is 0 Å². The average Bonchev–Trinajstić information content (AvgIpc) is 1.89. The Morgan fingerprint density at radius 1 is 1.22 bits per heavy atom. The van der Waals surface area contributed by atoms with Crippen molar-refractivity contribution in [1.29, 1.82) is 0 Å². The molecule has 0 rings (SSSR count). The van der Waals surface area contributed by atoms with Crippen LogP contribution < -0.4 is 5.32 Å². The molecule has 56 valence electrons. The molecular formula is C7H16BrN. The zero-order valence-electron chi connectivity index (χ0n) is 6.12. The SMILES string of the molecule is CCCCCNCCBr. The number of rotatable bonds is 6. The Balaban J connectivity index is 2.60. The van der Waals surface area contributed by atoms with Crippen molar-refractivity contribution in [2.75, 3.05) is 18.4 Å². The summed E-state index contributed by atoms with van der Waals surface area (Å²) in [6.45, 7) is 4.51. The molecular weight excluding hydrogens is 178 g/mol. The van der Waals surface area contributed by atoms with Crippen molar-refractivity contribution in [3.05, 3.63) is 0 Å². The number of unbranched alkanes of at least 4 members (excludes halogenated alkanes) is 2. The Morgan fingerprint density at radius 3 is 2.56 bits per heavy atom. The summed E-state index contributed by atoms with van der Waals surface area (Å²) < 4.78 is 0. The van der Waals surface area contributed by atoms with E-state index >= 15 is 0 Å². The fourth-order valence-corrected chi connectivity index (χ4v) is 0.972. The maximum Gasteiger partial charge on any atom is 0.0157 e. The summed E-state index contributed by atoms with van der Waals surface area (Å²) in [6, 6.07) is 0. The highest BCUT2D eigenvalue weighted by molar-refractivity contribution is 9.09. The average molecular weight is 194 g/mol. The fourth-order valence-electron chi connectivity index (χ4n) is 0.692. The maximum absolute atomic E-state index is 3.36. The Kier molecular flexibility index (Phi) is 8.85. The molecule has 1 N–H and O–H groups in total. The lowest BCUT2D eigenvalue weighted by molar-refractivity contribution is 0.636. The van der Waals surface area contributed by atoms with Crippen LogP contribution in [0.5, 0.6) is 0 Å². The van der Waals surface area contributed by atoms with E-state index in [1.54, 1.807) is 0 Å². The van der Waals surface area contributed by atoms with Crippen molar-refractivity contribution in [1.82, 2.24) is 5.32 Å². The summed E-state index contributed by atoms with van der Waals surface area (Å²) in [5.41, 5.74) is 0. The molecule has 0 aromatic carbocycles. The monoisotopic (exact) mass is 193 g/mol. The molecule has 0 radical (unpaired) electrons. The summed E-state index contributed by atoms with van der Waals surface area (Å²) >= 11 is 3.36. The topological polar surface area (TPSA) is 12.0 Å². The summed E-state index contributed by atoms with van der Waals surface area (Å²) in [5.74, 6) is 0. The van der Waals surface area contributed by atoms with E-state index in [0.717, 1.165) is 11.9 Å². The van der Waals surface area contributed by atoms with E-state index < -0.39 is 0 Å². The van der Waals surface area contributed by atoms with E-state index in [1.165, 1.54) is 25.8 Å². The highest BCUT2D eigenvalue weighted by atomic mass is 79.9. The predicted molar refractivity (Wildman–Crippen MR) is 46.2 cm³/mol. The first-order valence-electron chi connectivity index (χ1n) is 3.68. The predicted octanol–water partition coefficient (Wildman–Crippen LogP) is 2.16. The normalized spacial score (nSPS) is 10.0. The van der Waals surface area contributed by atoms with Crippen LogP contribution in [0.25, 0.3) is 0 Å². The van der Waals surface area contributed by atoms with Crippen molar-refractivity contribution in [3.63, 3.8) is 0 Å². The van der Waals surface area contributed by atoms with Crippen LogP contribution in [-0.4, -0.2) is 18.4 Å². The lowest BCUT2D eigenvalue weighted by Crippen LogP contribution is -2.17. The van der Waals surface area contributed by atoms with Gasteiger partial charge < -0.3 is 5.32 Å². The standard InChI is InChI=1S/C7H16BrN/c1-2-3-4-6-9-7-5-8/h9H,2-7H2,1H3. The fraction of sp³-hybridized carbons (Fsp3) is 1.00. The van der Waals surface area contributed by atoms with Crippen LogP contribution in [0.15, 0.2) is 0 Å². The number of nitrogens with one attached hydrogen (secondary N) is 1. The molecule has 0 spiro atoms. The van der Waals surface area contributed by atoms with Crippen molar-refractivity contribution < 1.29 is 0 Å². The van der Waals surface area contributed by atoms with Gasteiger partial charge in [0.15, 0.2) is 0 Å². The van der Waals surface area contributed by atoms with Crippen molar-refractivity contribution >= 4 is 15.9 Å². The van der Waals surface area contributed by atoms with Crippen LogP contribution in [0, 0.1) is 0 Å². The molecule has 0 atom stereocenters. The summed E-state index contributed by atoms with van der Waals surface area (Å²) in [7, 11) is 0. The molecule has 0 heterocycles. The van der Waals surface area contributed by atoms with E-state index in [2.05, 4.69) is 28.2 Å². The third-order valence-electron chi connectivity index (χ3n) is 1.23. The molecule has 0 unspecified atom stereocenters. The van der Waals surface area contributed by atoms with E-state index in [1.807, 2.05) is 0 Å². The minimum Gasteiger partial charge on any atom is -0.316 e. The van der Waals surface area contributed by atoms with Crippen LogP contribution in [0.1, 0.15) is 26.2 Å². The van der Waals surface area contributed by atoms with E-state index in [-0.39, 0.29) is 0 Å². The molecule has 0 saturated carbocycles. The molecule has 2 heteroatoms. The molecule has 0 aromatic rings. The molecule has 1 nitrogen and oxygen atoms in total. The molecule has 0 fully saturated rings.